The van der Waals surface area contributed by atoms with Gasteiger partial charge in [-0.05, 0) is 0 Å². The molecule has 112 valence electrons. The van der Waals surface area contributed by atoms with Gasteiger partial charge < -0.3 is 0 Å². The van der Waals surface area contributed by atoms with Gasteiger partial charge in [0.05, 0.1) is 0 Å². The molecule has 4 rings (SSSR count). The molecule has 2 aromatic carbocycles. The summed E-state index contributed by atoms with van der Waals surface area (Å²) in [4.78, 5) is 0. The van der Waals surface area contributed by atoms with Gasteiger partial charge in [-0.15, -0.1) is 0 Å². The first-order valence-corrected chi connectivity index (χ1v) is 10.6. The molecule has 2 atom stereocenters. The minimum atomic E-state index is -0.236. The van der Waals surface area contributed by atoms with Crippen LogP contribution in [0.3, 0.4) is 0 Å². The topological polar surface area (TPSA) is 0 Å². The second-order valence-corrected chi connectivity index (χ2v) is 11.1. The number of hydrogen-bond acceptors (Lipinski definition) is 0. The van der Waals surface area contributed by atoms with Crippen molar-refractivity contribution in [3.05, 3.63) is 93.4 Å². The van der Waals surface area contributed by atoms with Crippen molar-refractivity contribution in [1.82, 2.24) is 0 Å². The van der Waals surface area contributed by atoms with Crippen molar-refractivity contribution in [3.63, 3.8) is 0 Å². The van der Waals surface area contributed by atoms with E-state index in [9.17, 15) is 0 Å². The average Bonchev–Trinajstić information content (AvgIpc) is 3.19. The summed E-state index contributed by atoms with van der Waals surface area (Å²) in [5.41, 5.74) is 4.39. The molecule has 0 saturated heterocycles. The Hall–Kier alpha value is -1.20. The first kappa shape index (κ1) is 15.3. The van der Waals surface area contributed by atoms with Crippen LogP contribution in [0, 0.1) is 6.92 Å². The minimum absolute atomic E-state index is 0.236. The van der Waals surface area contributed by atoms with Crippen LogP contribution in [-0.4, -0.2) is 0 Å². The van der Waals surface area contributed by atoms with Crippen molar-refractivity contribution < 1.29 is 19.2 Å². The van der Waals surface area contributed by atoms with E-state index in [4.69, 9.17) is 0 Å². The number of rotatable bonds is 4. The first-order chi connectivity index (χ1) is 11.3. The zero-order chi connectivity index (χ0) is 15.7. The number of hydrogen-bond donors (Lipinski definition) is 0. The molecule has 23 heavy (non-hydrogen) atoms. The molecule has 2 aliphatic rings. The second kappa shape index (κ2) is 6.37. The first-order valence-electron chi connectivity index (χ1n) is 8.03. The monoisotopic (exact) mass is 350 g/mol. The van der Waals surface area contributed by atoms with Crippen LogP contribution in [0.1, 0.15) is 23.1 Å². The van der Waals surface area contributed by atoms with Gasteiger partial charge in [0.2, 0.25) is 0 Å². The van der Waals surface area contributed by atoms with Crippen LogP contribution in [0.15, 0.2) is 76.7 Å². The Bertz CT molecular complexity index is 831. The van der Waals surface area contributed by atoms with Crippen LogP contribution in [-0.2, 0) is 22.6 Å². The molecule has 2 heteroatoms. The molecule has 0 fully saturated rings. The molecule has 0 spiro atoms. The predicted molar refractivity (Wildman–Crippen MR) is 98.1 cm³/mol. The summed E-state index contributed by atoms with van der Waals surface area (Å²) in [6, 6.07) is 17.9. The van der Waals surface area contributed by atoms with Crippen LogP contribution >= 0.6 is 8.58 Å². The van der Waals surface area contributed by atoms with Crippen molar-refractivity contribution in [2.24, 2.45) is 0 Å². The van der Waals surface area contributed by atoms with E-state index >= 15 is 0 Å². The van der Waals surface area contributed by atoms with E-state index in [2.05, 4.69) is 85.8 Å². The third-order valence-electron chi connectivity index (χ3n) is 4.50. The molecule has 0 heterocycles. The van der Waals surface area contributed by atoms with Crippen molar-refractivity contribution in [3.8, 4) is 0 Å². The van der Waals surface area contributed by atoms with E-state index in [1.807, 2.05) is 0 Å². The van der Waals surface area contributed by atoms with E-state index in [1.165, 1.54) is 16.4 Å². The van der Waals surface area contributed by atoms with Crippen molar-refractivity contribution >= 4 is 20.0 Å². The summed E-state index contributed by atoms with van der Waals surface area (Å²) < 4.78 is 1.92. The fourth-order valence-corrected chi connectivity index (χ4v) is 8.58. The molecular formula is C21H19PTi. The molecule has 0 bridgehead atoms. The molecular weight excluding hydrogens is 331 g/mol. The van der Waals surface area contributed by atoms with Gasteiger partial charge in [0.15, 0.2) is 0 Å². The van der Waals surface area contributed by atoms with E-state index in [0.717, 1.165) is 15.0 Å². The molecule has 0 aromatic heterocycles. The maximum atomic E-state index is 2.52. The Labute approximate surface area is 149 Å². The number of benzene rings is 2. The number of aryl methyl sites for hydroxylation is 1. The molecule has 0 nitrogen and oxygen atoms in total. The van der Waals surface area contributed by atoms with Crippen LogP contribution in [0.5, 0.6) is 0 Å². The third-order valence-corrected chi connectivity index (χ3v) is 9.64. The van der Waals surface area contributed by atoms with Gasteiger partial charge in [-0.2, -0.15) is 0 Å². The Morgan fingerprint density at radius 2 is 1.87 bits per heavy atom. The fourth-order valence-electron chi connectivity index (χ4n) is 3.27. The molecule has 0 amide bonds. The van der Waals surface area contributed by atoms with Gasteiger partial charge in [0.25, 0.3) is 0 Å². The third kappa shape index (κ3) is 2.97. The quantitative estimate of drug-likeness (QED) is 0.531. The Morgan fingerprint density at radius 1 is 1.04 bits per heavy atom. The molecule has 2 aromatic rings. The second-order valence-electron chi connectivity index (χ2n) is 6.12. The van der Waals surface area contributed by atoms with Crippen molar-refractivity contribution in [1.29, 1.82) is 0 Å². The van der Waals surface area contributed by atoms with Crippen LogP contribution < -0.4 is 5.30 Å². The zero-order valence-electron chi connectivity index (χ0n) is 13.2. The normalized spacial score (nSPS) is 21.9. The summed E-state index contributed by atoms with van der Waals surface area (Å²) in [6.07, 6.45) is 12.9. The van der Waals surface area contributed by atoms with Gasteiger partial charge in [0.1, 0.15) is 0 Å². The summed E-state index contributed by atoms with van der Waals surface area (Å²) in [5, 5.41) is 1.52. The van der Waals surface area contributed by atoms with E-state index in [1.54, 1.807) is 9.44 Å². The van der Waals surface area contributed by atoms with Gasteiger partial charge in [-0.3, -0.25) is 0 Å². The van der Waals surface area contributed by atoms with E-state index < -0.39 is 0 Å². The van der Waals surface area contributed by atoms with Crippen LogP contribution in [0.4, 0.5) is 0 Å². The predicted octanol–water partition coefficient (Wildman–Crippen LogP) is 5.10. The standard InChI is InChI=1S/C16H14P.C5H5.Ti/c1-12-6-2-5-9-15(12)17-16-11-10-13-7-3-4-8-14(13)16;1-2-4-5-3-1;/h2-11,17H,1H3;1-3H,4H2;. The summed E-state index contributed by atoms with van der Waals surface area (Å²) >= 11 is -0.236. The van der Waals surface area contributed by atoms with Gasteiger partial charge in [-0.1, -0.05) is 0 Å². The molecule has 0 radical (unpaired) electrons. The van der Waals surface area contributed by atoms with E-state index in [-0.39, 0.29) is 22.6 Å². The maximum absolute atomic E-state index is 2.52. The average molecular weight is 350 g/mol. The van der Waals surface area contributed by atoms with Gasteiger partial charge in [-0.25, -0.2) is 0 Å². The molecule has 0 N–H and O–H groups in total. The molecule has 2 aliphatic carbocycles. The molecule has 2 unspecified atom stereocenters. The summed E-state index contributed by atoms with van der Waals surface area (Å²) in [5.74, 6) is 0. The Kier molecular flexibility index (Phi) is 4.24. The number of allylic oxidation sites excluding steroid dienone is 5. The molecule has 0 saturated carbocycles. The van der Waals surface area contributed by atoms with Crippen molar-refractivity contribution in [2.75, 3.05) is 0 Å². The fraction of sp³-hybridized carbons (Fsp3) is 0.143. The zero-order valence-corrected chi connectivity index (χ0v) is 15.8. The number of fused-ring (bicyclic) bond motifs is 1. The van der Waals surface area contributed by atoms with Gasteiger partial charge >= 0.3 is 149 Å². The van der Waals surface area contributed by atoms with Gasteiger partial charge in [0, 0.05) is 0 Å². The summed E-state index contributed by atoms with van der Waals surface area (Å²) in [6.45, 7) is 2.25. The van der Waals surface area contributed by atoms with Crippen LogP contribution in [0.2, 0.25) is 0 Å². The Balaban J connectivity index is 1.76. The van der Waals surface area contributed by atoms with Crippen LogP contribution in [0.25, 0.3) is 6.08 Å². The Morgan fingerprint density at radius 3 is 2.70 bits per heavy atom. The molecule has 0 aliphatic heterocycles. The summed E-state index contributed by atoms with van der Waals surface area (Å²) in [7, 11) is 0.821. The van der Waals surface area contributed by atoms with E-state index in [0.29, 0.717) is 0 Å². The van der Waals surface area contributed by atoms with Crippen molar-refractivity contribution in [2.45, 2.75) is 16.8 Å². The SMILES string of the molecule is Cc1ccccc1P[C]1([Ti][C]2=CC=CC2)C=Cc2ccccc21.